The maximum absolute atomic E-state index is 13.3. The highest BCUT2D eigenvalue weighted by Gasteiger charge is 2.46. The summed E-state index contributed by atoms with van der Waals surface area (Å²) in [6, 6.07) is 8.66. The molecule has 1 amide bonds. The number of aliphatic hydroxyl groups is 2. The molecule has 1 aromatic heterocycles. The molecule has 37 heavy (non-hydrogen) atoms. The molecule has 1 fully saturated rings. The minimum atomic E-state index is -1.04. The number of β-amino-alcohol motifs (C(OH)–C–C–N with tert-alkyl or cyclic N) is 1. The summed E-state index contributed by atoms with van der Waals surface area (Å²) in [6.45, 7) is 14.5. The number of nitrogens with zero attached hydrogens (tertiary/aromatic N) is 3. The van der Waals surface area contributed by atoms with Gasteiger partial charge in [-0.05, 0) is 36.8 Å². The van der Waals surface area contributed by atoms with Crippen LogP contribution in [0.1, 0.15) is 68.7 Å². The number of likely N-dealkylation sites (tertiary alicyclic amines) is 1. The summed E-state index contributed by atoms with van der Waals surface area (Å²) in [5, 5.41) is 28.9. The summed E-state index contributed by atoms with van der Waals surface area (Å²) in [5.74, 6) is -0.124. The Morgan fingerprint density at radius 2 is 2.08 bits per heavy atom. The molecule has 1 aromatic carbocycles. The van der Waals surface area contributed by atoms with Crippen LogP contribution in [0.5, 0.6) is 0 Å². The van der Waals surface area contributed by atoms with Crippen LogP contribution < -0.4 is 5.32 Å². The van der Waals surface area contributed by atoms with E-state index in [0.717, 1.165) is 16.8 Å². The number of amides is 1. The zero-order valence-corrected chi connectivity index (χ0v) is 22.4. The summed E-state index contributed by atoms with van der Waals surface area (Å²) in [5.41, 5.74) is 2.26. The zero-order valence-electron chi connectivity index (χ0n) is 22.4. The number of benzene rings is 1. The van der Waals surface area contributed by atoms with Crippen molar-refractivity contribution in [3.8, 4) is 0 Å². The van der Waals surface area contributed by atoms with Crippen LogP contribution in [0.3, 0.4) is 0 Å². The van der Waals surface area contributed by atoms with Crippen LogP contribution in [0.15, 0.2) is 52.5 Å². The summed E-state index contributed by atoms with van der Waals surface area (Å²) < 4.78 is 10.9. The Balaban J connectivity index is 1.67. The Morgan fingerprint density at radius 1 is 1.38 bits per heavy atom. The molecule has 9 heteroatoms. The first kappa shape index (κ1) is 28.6. The van der Waals surface area contributed by atoms with Crippen molar-refractivity contribution < 1.29 is 24.3 Å². The molecule has 3 rings (SSSR count). The molecule has 0 spiro atoms. The van der Waals surface area contributed by atoms with Gasteiger partial charge >= 0.3 is 0 Å². The van der Waals surface area contributed by atoms with Crippen molar-refractivity contribution in [3.63, 3.8) is 0 Å². The van der Waals surface area contributed by atoms with Crippen LogP contribution >= 0.6 is 0 Å². The van der Waals surface area contributed by atoms with E-state index in [-0.39, 0.29) is 30.3 Å². The van der Waals surface area contributed by atoms with Crippen LogP contribution in [0.25, 0.3) is 0 Å². The monoisotopic (exact) mass is 512 g/mol. The number of hydrogen-bond acceptors (Lipinski definition) is 8. The van der Waals surface area contributed by atoms with Crippen molar-refractivity contribution in [2.45, 2.75) is 78.0 Å². The molecule has 0 bridgehead atoms. The van der Waals surface area contributed by atoms with Gasteiger partial charge in [0, 0.05) is 12.6 Å². The number of ether oxygens (including phenoxy) is 1. The highest BCUT2D eigenvalue weighted by Crippen LogP contribution is 2.41. The predicted octanol–water partition coefficient (Wildman–Crippen LogP) is 3.47. The van der Waals surface area contributed by atoms with Crippen molar-refractivity contribution in [1.29, 1.82) is 0 Å². The second-order valence-corrected chi connectivity index (χ2v) is 10.8. The number of aliphatic imine (C=N–C) groups is 1. The fourth-order valence-electron chi connectivity index (χ4n) is 4.73. The Kier molecular flexibility index (Phi) is 9.64. The lowest BCUT2D eigenvalue weighted by molar-refractivity contribution is -0.132. The van der Waals surface area contributed by atoms with Gasteiger partial charge in [-0.15, -0.1) is 6.58 Å². The third-order valence-electron chi connectivity index (χ3n) is 6.62. The van der Waals surface area contributed by atoms with Crippen molar-refractivity contribution in [3.05, 3.63) is 65.6 Å². The first-order valence-electron chi connectivity index (χ1n) is 12.7. The van der Waals surface area contributed by atoms with Crippen molar-refractivity contribution in [2.24, 2.45) is 10.4 Å². The van der Waals surface area contributed by atoms with E-state index in [1.807, 2.05) is 65.0 Å². The summed E-state index contributed by atoms with van der Waals surface area (Å²) in [6.07, 6.45) is 1.60. The zero-order chi connectivity index (χ0) is 27.2. The van der Waals surface area contributed by atoms with Gasteiger partial charge in [0.2, 0.25) is 5.91 Å². The fourth-order valence-corrected chi connectivity index (χ4v) is 4.73. The van der Waals surface area contributed by atoms with E-state index in [1.54, 1.807) is 11.0 Å². The Hall–Kier alpha value is -3.01. The average Bonchev–Trinajstić information content (AvgIpc) is 3.43. The van der Waals surface area contributed by atoms with Gasteiger partial charge in [-0.25, -0.2) is 0 Å². The summed E-state index contributed by atoms with van der Waals surface area (Å²) >= 11 is 0. The summed E-state index contributed by atoms with van der Waals surface area (Å²) in [4.78, 5) is 19.0. The number of nitrogens with one attached hydrogen (secondary N) is 1. The number of aliphatic hydroxyl groups excluding tert-OH is 2. The van der Waals surface area contributed by atoms with Gasteiger partial charge in [-0.3, -0.25) is 14.7 Å². The average molecular weight is 513 g/mol. The number of hydrogen-bond donors (Lipinski definition) is 3. The number of carbonyl (C=O) groups excluding carboxylic acids is 1. The topological polar surface area (TPSA) is 120 Å². The van der Waals surface area contributed by atoms with E-state index in [0.29, 0.717) is 18.9 Å². The molecule has 0 radical (unpaired) electrons. The maximum Gasteiger partial charge on any atom is 0.238 e. The molecule has 0 aliphatic carbocycles. The number of aromatic nitrogens is 1. The molecule has 1 unspecified atom stereocenters. The molecule has 5 atom stereocenters. The second kappa shape index (κ2) is 12.5. The second-order valence-electron chi connectivity index (χ2n) is 10.8. The van der Waals surface area contributed by atoms with E-state index in [2.05, 4.69) is 22.0 Å². The van der Waals surface area contributed by atoms with Gasteiger partial charge in [-0.1, -0.05) is 56.3 Å². The first-order chi connectivity index (χ1) is 17.5. The molecule has 1 aliphatic rings. The molecular formula is C28H40N4O5. The lowest BCUT2D eigenvalue weighted by Gasteiger charge is -2.39. The maximum atomic E-state index is 13.3. The molecule has 0 saturated carbocycles. The van der Waals surface area contributed by atoms with Crippen molar-refractivity contribution >= 4 is 12.3 Å². The molecule has 202 valence electrons. The highest BCUT2D eigenvalue weighted by molar-refractivity contribution is 5.82. The predicted molar refractivity (Wildman–Crippen MR) is 142 cm³/mol. The van der Waals surface area contributed by atoms with Gasteiger partial charge in [0.1, 0.15) is 18.6 Å². The van der Waals surface area contributed by atoms with E-state index in [4.69, 9.17) is 9.26 Å². The molecule has 3 N–H and O–H groups in total. The van der Waals surface area contributed by atoms with Crippen LogP contribution in [0.4, 0.5) is 0 Å². The fraction of sp³-hybridized carbons (Fsp3) is 0.536. The molecular weight excluding hydrogens is 472 g/mol. The van der Waals surface area contributed by atoms with Crippen molar-refractivity contribution in [2.75, 3.05) is 13.1 Å². The third-order valence-corrected chi connectivity index (χ3v) is 6.62. The lowest BCUT2D eigenvalue weighted by atomic mass is 9.77. The highest BCUT2D eigenvalue weighted by atomic mass is 16.5. The van der Waals surface area contributed by atoms with Crippen molar-refractivity contribution in [1.82, 2.24) is 15.4 Å². The molecule has 9 nitrogen and oxygen atoms in total. The van der Waals surface area contributed by atoms with Gasteiger partial charge in [-0.2, -0.15) is 0 Å². The van der Waals surface area contributed by atoms with Crippen LogP contribution in [-0.2, 0) is 16.1 Å². The largest absolute Gasteiger partial charge is 0.479 e. The molecule has 2 heterocycles. The van der Waals surface area contributed by atoms with Gasteiger partial charge in [0.25, 0.3) is 0 Å². The normalized spacial score (nSPS) is 21.1. The van der Waals surface area contributed by atoms with E-state index >= 15 is 0 Å². The Morgan fingerprint density at radius 3 is 2.68 bits per heavy atom. The third kappa shape index (κ3) is 7.50. The van der Waals surface area contributed by atoms with E-state index in [1.165, 1.54) is 6.40 Å². The lowest BCUT2D eigenvalue weighted by Crippen LogP contribution is -2.51. The Bertz CT molecular complexity index is 1060. The number of aryl methyl sites for hydroxylation is 1. The molecule has 1 aliphatic heterocycles. The van der Waals surface area contributed by atoms with E-state index < -0.39 is 24.3 Å². The van der Waals surface area contributed by atoms with Gasteiger partial charge in [0.05, 0.1) is 36.3 Å². The standard InChI is InChI=1S/C28H40N4O5/c1-7-12-29-17-36-16-20-8-10-21(11-9-20)19(3)30-26(34)23-14-22(33)15-32(23)27(35)25(28(4,5)6)24-13-18(2)31-37-24/h7-11,13,17,19,22-23,25,27,33,35H,1,12,14-16H2,2-6H3,(H,30,34)/t19-,22+,23-,25+,27?/m0/s1. The summed E-state index contributed by atoms with van der Waals surface area (Å²) in [7, 11) is 0. The quantitative estimate of drug-likeness (QED) is 0.239. The smallest absolute Gasteiger partial charge is 0.238 e. The number of rotatable bonds is 11. The van der Waals surface area contributed by atoms with Crippen LogP contribution in [-0.4, -0.2) is 64.0 Å². The van der Waals surface area contributed by atoms with Crippen LogP contribution in [0, 0.1) is 12.3 Å². The molecule has 1 saturated heterocycles. The van der Waals surface area contributed by atoms with Crippen LogP contribution in [0.2, 0.25) is 0 Å². The first-order valence-corrected chi connectivity index (χ1v) is 12.7. The minimum Gasteiger partial charge on any atom is -0.479 e. The Labute approximate surface area is 219 Å². The van der Waals surface area contributed by atoms with Gasteiger partial charge in [0.15, 0.2) is 6.40 Å². The minimum absolute atomic E-state index is 0.193. The number of carbonyl (C=O) groups is 1. The molecule has 2 aromatic rings. The van der Waals surface area contributed by atoms with Gasteiger partial charge < -0.3 is 24.8 Å². The SMILES string of the molecule is C=CCN=COCc1ccc([C@H](C)NC(=O)[C@@H]2C[C@@H](O)CN2C(O)[C@@H](c2cc(C)no2)C(C)(C)C)cc1. The van der Waals surface area contributed by atoms with E-state index in [9.17, 15) is 15.0 Å².